The van der Waals surface area contributed by atoms with Gasteiger partial charge in [0.2, 0.25) is 0 Å². The van der Waals surface area contributed by atoms with Crippen LogP contribution in [-0.2, 0) is 31.9 Å². The van der Waals surface area contributed by atoms with Crippen molar-refractivity contribution in [1.29, 1.82) is 0 Å². The maximum Gasteiger partial charge on any atom is 0.0798 e. The SMILES string of the molecule is CC(C)Cc1cc(-c2[c-]ccc(-c3ccccc3)c2)ncc1[Si](C)(C)C.CC(C)c1cc(-c2ccccc2)cc(C(C)C)c1-n1c(-c2[c-]ccc3c2sc2cc(C(C)(C)C)ccc23)nc2ccccc21.[Ir]. The molecule has 0 amide bonds. The maximum atomic E-state index is 5.36. The number of nitrogens with zero attached hydrogens (tertiary/aromatic N) is 3. The predicted octanol–water partition coefficient (Wildman–Crippen LogP) is 18.0. The monoisotopic (exact) mass is 1140 g/mol. The van der Waals surface area contributed by atoms with Gasteiger partial charge in [0.15, 0.2) is 0 Å². The van der Waals surface area contributed by atoms with Crippen molar-refractivity contribution < 1.29 is 20.1 Å². The molecule has 6 heteroatoms. The van der Waals surface area contributed by atoms with Crippen molar-refractivity contribution in [2.75, 3.05) is 0 Å². The van der Waals surface area contributed by atoms with Gasteiger partial charge in [-0.25, -0.2) is 0 Å². The van der Waals surface area contributed by atoms with Crippen molar-refractivity contribution >= 4 is 55.8 Å². The average molecular weight is 1140 g/mol. The van der Waals surface area contributed by atoms with Crippen LogP contribution < -0.4 is 5.19 Å². The smallest absolute Gasteiger partial charge is 0.0798 e. The minimum absolute atomic E-state index is 0. The van der Waals surface area contributed by atoms with Gasteiger partial charge >= 0.3 is 0 Å². The van der Waals surface area contributed by atoms with Crippen LogP contribution >= 0.6 is 11.3 Å². The van der Waals surface area contributed by atoms with Crippen LogP contribution in [0, 0.1) is 18.1 Å². The maximum absolute atomic E-state index is 5.36. The molecule has 7 aromatic carbocycles. The first-order valence-corrected chi connectivity index (χ1v) is 29.4. The Morgan fingerprint density at radius 2 is 1.25 bits per heavy atom. The molecule has 71 heavy (non-hydrogen) atoms. The molecule has 0 unspecified atom stereocenters. The molecule has 0 N–H and O–H groups in total. The third-order valence-electron chi connectivity index (χ3n) is 13.4. The number of para-hydroxylation sites is 2. The van der Waals surface area contributed by atoms with Crippen molar-refractivity contribution in [1.82, 2.24) is 14.5 Å². The minimum Gasteiger partial charge on any atom is -0.333 e. The predicted molar refractivity (Wildman–Crippen MR) is 306 cm³/mol. The molecule has 3 nitrogen and oxygen atoms in total. The van der Waals surface area contributed by atoms with Crippen LogP contribution in [0.25, 0.3) is 81.8 Å². The number of rotatable bonds is 10. The molecule has 0 saturated carbocycles. The van der Waals surface area contributed by atoms with Gasteiger partial charge in [0.25, 0.3) is 0 Å². The van der Waals surface area contributed by atoms with Crippen LogP contribution in [0.3, 0.4) is 0 Å². The number of pyridine rings is 1. The molecule has 0 aliphatic rings. The van der Waals surface area contributed by atoms with E-state index in [4.69, 9.17) is 9.97 Å². The Kier molecular flexibility index (Phi) is 15.4. The van der Waals surface area contributed by atoms with E-state index in [2.05, 4.69) is 244 Å². The fourth-order valence-corrected chi connectivity index (χ4v) is 12.6. The number of imidazole rings is 1. The van der Waals surface area contributed by atoms with Crippen LogP contribution in [-0.4, -0.2) is 22.6 Å². The molecule has 0 saturated heterocycles. The Bertz CT molecular complexity index is 3430. The second kappa shape index (κ2) is 21.1. The van der Waals surface area contributed by atoms with Crippen LogP contribution in [0.1, 0.15) is 96.4 Å². The van der Waals surface area contributed by atoms with Crippen molar-refractivity contribution in [2.24, 2.45) is 5.92 Å². The molecule has 0 aliphatic heterocycles. The van der Waals surface area contributed by atoms with Gasteiger partial charge in [-0.1, -0.05) is 189 Å². The minimum atomic E-state index is -1.40. The van der Waals surface area contributed by atoms with E-state index in [0.717, 1.165) is 40.1 Å². The molecule has 1 radical (unpaired) electrons. The Morgan fingerprint density at radius 1 is 0.634 bits per heavy atom. The normalized spacial score (nSPS) is 12.0. The van der Waals surface area contributed by atoms with Crippen LogP contribution in [0.5, 0.6) is 0 Å². The van der Waals surface area contributed by atoms with Gasteiger partial charge in [0.1, 0.15) is 0 Å². The molecule has 0 spiro atoms. The summed E-state index contributed by atoms with van der Waals surface area (Å²) in [6.45, 7) is 27.8. The summed E-state index contributed by atoms with van der Waals surface area (Å²) >= 11 is 1.86. The fourth-order valence-electron chi connectivity index (χ4n) is 9.76. The molecule has 0 aliphatic carbocycles. The molecule has 0 bridgehead atoms. The molecule has 0 atom stereocenters. The topological polar surface area (TPSA) is 30.7 Å². The molecular weight excluding hydrogens is 1080 g/mol. The Balaban J connectivity index is 0.000000214. The summed E-state index contributed by atoms with van der Waals surface area (Å²) in [5, 5.41) is 4.05. The molecule has 10 aromatic rings. The van der Waals surface area contributed by atoms with Gasteiger partial charge in [0.05, 0.1) is 24.9 Å². The second-order valence-corrected chi connectivity index (χ2v) is 28.1. The molecule has 363 valence electrons. The van der Waals surface area contributed by atoms with Gasteiger partial charge in [-0.3, -0.25) is 4.98 Å². The van der Waals surface area contributed by atoms with Crippen LogP contribution in [0.4, 0.5) is 0 Å². The van der Waals surface area contributed by atoms with Gasteiger partial charge in [-0.15, -0.1) is 53.6 Å². The first-order valence-electron chi connectivity index (χ1n) is 25.1. The van der Waals surface area contributed by atoms with E-state index < -0.39 is 8.07 Å². The van der Waals surface area contributed by atoms with E-state index in [-0.39, 0.29) is 25.5 Å². The van der Waals surface area contributed by atoms with Gasteiger partial charge in [0, 0.05) is 36.7 Å². The molecule has 10 rings (SSSR count). The number of hydrogen-bond donors (Lipinski definition) is 0. The molecular formula is C65H67IrN3SSi-2. The number of hydrogen-bond acceptors (Lipinski definition) is 3. The fraction of sp³-hybridized carbons (Fsp3) is 0.262. The van der Waals surface area contributed by atoms with E-state index >= 15 is 0 Å². The summed E-state index contributed by atoms with van der Waals surface area (Å²) < 4.78 is 4.99. The summed E-state index contributed by atoms with van der Waals surface area (Å²) in [4.78, 5) is 10.2. The molecule has 3 heterocycles. The van der Waals surface area contributed by atoms with Crippen molar-refractivity contribution in [3.8, 4) is 50.6 Å². The zero-order valence-corrected chi connectivity index (χ0v) is 47.7. The first-order chi connectivity index (χ1) is 33.5. The summed E-state index contributed by atoms with van der Waals surface area (Å²) in [5.41, 5.74) is 17.1. The van der Waals surface area contributed by atoms with Crippen LogP contribution in [0.15, 0.2) is 158 Å². The van der Waals surface area contributed by atoms with E-state index in [1.165, 1.54) is 75.6 Å². The van der Waals surface area contributed by atoms with E-state index in [1.54, 1.807) is 0 Å². The summed E-state index contributed by atoms with van der Waals surface area (Å²) in [6.07, 6.45) is 3.23. The van der Waals surface area contributed by atoms with Crippen molar-refractivity contribution in [2.45, 2.75) is 106 Å². The Hall–Kier alpha value is -5.75. The van der Waals surface area contributed by atoms with Crippen molar-refractivity contribution in [3.63, 3.8) is 0 Å². The van der Waals surface area contributed by atoms with Gasteiger partial charge in [-0.05, 0) is 114 Å². The quantitative estimate of drug-likeness (QED) is 0.101. The standard InChI is InChI=1S/C41H39N2S.C24H28NSi.Ir/c1-25(2)33-22-28(27-14-9-8-10-15-27)23-34(26(3)4)38(33)43-36-19-12-11-18-35(36)42-40(43)32-17-13-16-31-30-21-20-29(41(5,6)7)24-37(30)44-39(31)32;1-18(2)14-22-16-23(25-17-24(22)26(3,4)5)21-13-9-12-20(15-21)19-10-7-6-8-11-19;/h8-16,18-26H,1-7H3;6-12,15-18H,14H2,1-5H3;/q2*-1;. The third-order valence-corrected chi connectivity index (χ3v) is 16.7. The number of thiophene rings is 1. The molecule has 0 fully saturated rings. The van der Waals surface area contributed by atoms with Gasteiger partial charge in [-0.2, -0.15) is 11.3 Å². The number of aromatic nitrogens is 3. The summed E-state index contributed by atoms with van der Waals surface area (Å²) in [7, 11) is -1.40. The van der Waals surface area contributed by atoms with E-state index in [1.807, 2.05) is 23.5 Å². The summed E-state index contributed by atoms with van der Waals surface area (Å²) in [5.74, 6) is 2.23. The number of benzene rings is 7. The first kappa shape index (κ1) is 51.6. The average Bonchev–Trinajstić information content (AvgIpc) is 3.92. The number of fused-ring (bicyclic) bond motifs is 4. The Morgan fingerprint density at radius 3 is 1.87 bits per heavy atom. The third kappa shape index (κ3) is 10.9. The largest absolute Gasteiger partial charge is 0.333 e. The second-order valence-electron chi connectivity index (χ2n) is 22.0. The summed E-state index contributed by atoms with van der Waals surface area (Å²) in [6, 6.07) is 61.6. The molecule has 3 aromatic heterocycles. The van der Waals surface area contributed by atoms with E-state index in [9.17, 15) is 0 Å². The Labute approximate surface area is 441 Å². The van der Waals surface area contributed by atoms with Crippen LogP contribution in [0.2, 0.25) is 19.6 Å². The zero-order valence-electron chi connectivity index (χ0n) is 43.5. The van der Waals surface area contributed by atoms with Gasteiger partial charge < -0.3 is 9.55 Å². The van der Waals surface area contributed by atoms with E-state index in [0.29, 0.717) is 17.8 Å². The van der Waals surface area contributed by atoms with Crippen molar-refractivity contribution in [3.05, 3.63) is 192 Å². The zero-order chi connectivity index (χ0) is 49.5.